The number of likely N-dealkylation sites (tertiary alicyclic amines) is 1. The maximum absolute atomic E-state index is 12.6. The molecule has 7 nitrogen and oxygen atoms in total. The van der Waals surface area contributed by atoms with Crippen LogP contribution in [0.3, 0.4) is 0 Å². The van der Waals surface area contributed by atoms with Gasteiger partial charge in [-0.2, -0.15) is 0 Å². The molecular formula is C19H33N3O4. The molecule has 0 bridgehead atoms. The van der Waals surface area contributed by atoms with E-state index < -0.39 is 11.7 Å². The SMILES string of the molecule is CC(C)(C)OC(=O)NCC(=O)NC1CCN(C(=O)C2CCCCC2)CC1. The quantitative estimate of drug-likeness (QED) is 0.797. The van der Waals surface area contributed by atoms with Gasteiger partial charge in [0.1, 0.15) is 12.1 Å². The van der Waals surface area contributed by atoms with Gasteiger partial charge in [0.15, 0.2) is 0 Å². The summed E-state index contributed by atoms with van der Waals surface area (Å²) in [4.78, 5) is 38.1. The van der Waals surface area contributed by atoms with Crippen molar-refractivity contribution in [2.45, 2.75) is 77.4 Å². The predicted octanol–water partition coefficient (Wildman–Crippen LogP) is 2.20. The Morgan fingerprint density at radius 1 is 1.00 bits per heavy atom. The monoisotopic (exact) mass is 367 g/mol. The summed E-state index contributed by atoms with van der Waals surface area (Å²) in [5, 5.41) is 5.39. The molecule has 2 rings (SSSR count). The number of hydrogen-bond donors (Lipinski definition) is 2. The zero-order chi connectivity index (χ0) is 19.2. The Morgan fingerprint density at radius 3 is 2.19 bits per heavy atom. The van der Waals surface area contributed by atoms with Crippen LogP contribution in [-0.4, -0.2) is 54.1 Å². The molecular weight excluding hydrogens is 334 g/mol. The van der Waals surface area contributed by atoms with E-state index >= 15 is 0 Å². The smallest absolute Gasteiger partial charge is 0.408 e. The van der Waals surface area contributed by atoms with Gasteiger partial charge >= 0.3 is 6.09 Å². The van der Waals surface area contributed by atoms with E-state index in [2.05, 4.69) is 10.6 Å². The molecule has 1 saturated heterocycles. The molecule has 2 N–H and O–H groups in total. The molecule has 0 aromatic rings. The molecule has 0 spiro atoms. The molecule has 1 aliphatic carbocycles. The number of carbonyl (C=O) groups is 3. The van der Waals surface area contributed by atoms with Crippen LogP contribution in [-0.2, 0) is 14.3 Å². The van der Waals surface area contributed by atoms with Gasteiger partial charge in [-0.15, -0.1) is 0 Å². The first-order valence-corrected chi connectivity index (χ1v) is 9.79. The predicted molar refractivity (Wildman–Crippen MR) is 98.6 cm³/mol. The molecule has 1 saturated carbocycles. The molecule has 0 aromatic heterocycles. The first-order chi connectivity index (χ1) is 12.2. The Kier molecular flexibility index (Phi) is 7.29. The average molecular weight is 367 g/mol. The normalized spacial score (nSPS) is 19.7. The minimum Gasteiger partial charge on any atom is -0.444 e. The maximum Gasteiger partial charge on any atom is 0.408 e. The van der Waals surface area contributed by atoms with Gasteiger partial charge in [0.05, 0.1) is 0 Å². The molecule has 0 unspecified atom stereocenters. The Morgan fingerprint density at radius 2 is 1.62 bits per heavy atom. The van der Waals surface area contributed by atoms with Crippen molar-refractivity contribution in [2.75, 3.05) is 19.6 Å². The minimum absolute atomic E-state index is 0.0540. The van der Waals surface area contributed by atoms with Crippen molar-refractivity contribution in [2.24, 2.45) is 5.92 Å². The largest absolute Gasteiger partial charge is 0.444 e. The topological polar surface area (TPSA) is 87.7 Å². The van der Waals surface area contributed by atoms with Gasteiger partial charge in [0.25, 0.3) is 0 Å². The van der Waals surface area contributed by atoms with Crippen molar-refractivity contribution >= 4 is 17.9 Å². The van der Waals surface area contributed by atoms with E-state index in [1.54, 1.807) is 20.8 Å². The lowest BCUT2D eigenvalue weighted by Gasteiger charge is -2.35. The van der Waals surface area contributed by atoms with E-state index in [-0.39, 0.29) is 24.4 Å². The van der Waals surface area contributed by atoms with E-state index in [9.17, 15) is 14.4 Å². The number of piperidine rings is 1. The van der Waals surface area contributed by atoms with Gasteiger partial charge in [-0.1, -0.05) is 19.3 Å². The second-order valence-electron chi connectivity index (χ2n) is 8.36. The number of alkyl carbamates (subject to hydrolysis) is 1. The molecule has 0 aromatic carbocycles. The summed E-state index contributed by atoms with van der Waals surface area (Å²) in [6.07, 6.45) is 6.53. The summed E-state index contributed by atoms with van der Waals surface area (Å²) < 4.78 is 5.10. The first kappa shape index (κ1) is 20.5. The highest BCUT2D eigenvalue weighted by atomic mass is 16.6. The summed E-state index contributed by atoms with van der Waals surface area (Å²) >= 11 is 0. The summed E-state index contributed by atoms with van der Waals surface area (Å²) in [6, 6.07) is 0.0540. The van der Waals surface area contributed by atoms with Crippen molar-refractivity contribution in [3.05, 3.63) is 0 Å². The van der Waals surface area contributed by atoms with Gasteiger partial charge in [0.2, 0.25) is 11.8 Å². The second-order valence-corrected chi connectivity index (χ2v) is 8.36. The van der Waals surface area contributed by atoms with Crippen molar-refractivity contribution in [1.82, 2.24) is 15.5 Å². The van der Waals surface area contributed by atoms with Gasteiger partial charge in [0, 0.05) is 25.0 Å². The summed E-state index contributed by atoms with van der Waals surface area (Å²) in [7, 11) is 0. The summed E-state index contributed by atoms with van der Waals surface area (Å²) in [6.45, 7) is 6.61. The van der Waals surface area contributed by atoms with E-state index in [0.717, 1.165) is 38.5 Å². The number of ether oxygens (including phenoxy) is 1. The van der Waals surface area contributed by atoms with Crippen LogP contribution in [0.2, 0.25) is 0 Å². The highest BCUT2D eigenvalue weighted by Crippen LogP contribution is 2.26. The summed E-state index contributed by atoms with van der Waals surface area (Å²) in [5.41, 5.74) is -0.585. The number of rotatable bonds is 4. The maximum atomic E-state index is 12.6. The van der Waals surface area contributed by atoms with Crippen LogP contribution in [0.25, 0.3) is 0 Å². The van der Waals surface area contributed by atoms with Crippen LogP contribution in [0, 0.1) is 5.92 Å². The van der Waals surface area contributed by atoms with Crippen LogP contribution < -0.4 is 10.6 Å². The second kappa shape index (κ2) is 9.24. The third kappa shape index (κ3) is 6.84. The minimum atomic E-state index is -0.597. The van der Waals surface area contributed by atoms with Crippen LogP contribution >= 0.6 is 0 Å². The third-order valence-electron chi connectivity index (χ3n) is 4.92. The standard InChI is InChI=1S/C19H33N3O4/c1-19(2,3)26-18(25)20-13-16(23)21-15-9-11-22(12-10-15)17(24)14-7-5-4-6-8-14/h14-15H,4-13H2,1-3H3,(H,20,25)(H,21,23). The van der Waals surface area contributed by atoms with Crippen LogP contribution in [0.4, 0.5) is 4.79 Å². The number of nitrogens with one attached hydrogen (secondary N) is 2. The zero-order valence-electron chi connectivity index (χ0n) is 16.3. The Labute approximate surface area is 156 Å². The van der Waals surface area contributed by atoms with Gasteiger partial charge in [-0.3, -0.25) is 9.59 Å². The number of hydrogen-bond acceptors (Lipinski definition) is 4. The lowest BCUT2D eigenvalue weighted by atomic mass is 9.87. The molecule has 0 radical (unpaired) electrons. The van der Waals surface area contributed by atoms with E-state index in [0.29, 0.717) is 19.0 Å². The van der Waals surface area contributed by atoms with Crippen LogP contribution in [0.5, 0.6) is 0 Å². The fraction of sp³-hybridized carbons (Fsp3) is 0.842. The molecule has 1 heterocycles. The summed E-state index contributed by atoms with van der Waals surface area (Å²) in [5.74, 6) is 0.266. The van der Waals surface area contributed by atoms with Crippen LogP contribution in [0.1, 0.15) is 65.7 Å². The lowest BCUT2D eigenvalue weighted by molar-refractivity contribution is -0.137. The van der Waals surface area contributed by atoms with Crippen molar-refractivity contribution < 1.29 is 19.1 Å². The highest BCUT2D eigenvalue weighted by molar-refractivity contribution is 5.82. The third-order valence-corrected chi connectivity index (χ3v) is 4.92. The first-order valence-electron chi connectivity index (χ1n) is 9.79. The zero-order valence-corrected chi connectivity index (χ0v) is 16.3. The molecule has 1 aliphatic heterocycles. The Bertz CT molecular complexity index is 501. The van der Waals surface area contributed by atoms with Crippen molar-refractivity contribution in [1.29, 1.82) is 0 Å². The number of carbonyl (C=O) groups excluding carboxylic acids is 3. The van der Waals surface area contributed by atoms with E-state index in [4.69, 9.17) is 4.74 Å². The van der Waals surface area contributed by atoms with Gasteiger partial charge in [-0.05, 0) is 46.5 Å². The molecule has 7 heteroatoms. The Hall–Kier alpha value is -1.79. The van der Waals surface area contributed by atoms with Gasteiger partial charge < -0.3 is 20.3 Å². The molecule has 2 aliphatic rings. The van der Waals surface area contributed by atoms with Crippen molar-refractivity contribution in [3.63, 3.8) is 0 Å². The van der Waals surface area contributed by atoms with Crippen molar-refractivity contribution in [3.8, 4) is 0 Å². The number of amides is 3. The Balaban J connectivity index is 1.65. The van der Waals surface area contributed by atoms with E-state index in [1.165, 1.54) is 6.42 Å². The molecule has 0 atom stereocenters. The molecule has 2 fully saturated rings. The van der Waals surface area contributed by atoms with Crippen LogP contribution in [0.15, 0.2) is 0 Å². The van der Waals surface area contributed by atoms with Gasteiger partial charge in [-0.25, -0.2) is 4.79 Å². The lowest BCUT2D eigenvalue weighted by Crippen LogP contribution is -2.50. The number of nitrogens with zero attached hydrogens (tertiary/aromatic N) is 1. The fourth-order valence-electron chi connectivity index (χ4n) is 3.60. The van der Waals surface area contributed by atoms with E-state index in [1.807, 2.05) is 4.90 Å². The molecule has 3 amide bonds. The average Bonchev–Trinajstić information content (AvgIpc) is 2.59. The highest BCUT2D eigenvalue weighted by Gasteiger charge is 2.29. The molecule has 26 heavy (non-hydrogen) atoms. The fourth-order valence-corrected chi connectivity index (χ4v) is 3.60. The molecule has 148 valence electrons.